The Hall–Kier alpha value is -3.06. The molecule has 8 heteroatoms. The summed E-state index contributed by atoms with van der Waals surface area (Å²) in [6, 6.07) is 15.4. The molecule has 0 fully saturated rings. The van der Waals surface area contributed by atoms with Gasteiger partial charge in [0.15, 0.2) is 6.61 Å². The van der Waals surface area contributed by atoms with Crippen molar-refractivity contribution in [2.75, 3.05) is 18.5 Å². The third-order valence-electron chi connectivity index (χ3n) is 3.76. The van der Waals surface area contributed by atoms with Crippen LogP contribution in [0.4, 0.5) is 10.5 Å². The lowest BCUT2D eigenvalue weighted by Gasteiger charge is -2.15. The number of ether oxygens (including phenoxy) is 1. The lowest BCUT2D eigenvalue weighted by Crippen LogP contribution is -2.33. The predicted octanol–water partition coefficient (Wildman–Crippen LogP) is 3.27. The summed E-state index contributed by atoms with van der Waals surface area (Å²) in [4.78, 5) is 35.3. The quantitative estimate of drug-likeness (QED) is 0.589. The number of hydrogen-bond acceptors (Lipinski definition) is 4. The highest BCUT2D eigenvalue weighted by Crippen LogP contribution is 2.21. The molecule has 148 valence electrons. The van der Waals surface area contributed by atoms with Gasteiger partial charge in [-0.1, -0.05) is 48.0 Å². The molecule has 3 N–H and O–H groups in total. The first kappa shape index (κ1) is 21.2. The molecule has 7 nitrogen and oxygen atoms in total. The number of urea groups is 1. The number of halogens is 1. The zero-order chi connectivity index (χ0) is 20.4. The Labute approximate surface area is 168 Å². The Bertz CT molecular complexity index is 814. The minimum Gasteiger partial charge on any atom is -0.456 e. The highest BCUT2D eigenvalue weighted by atomic mass is 35.5. The lowest BCUT2D eigenvalue weighted by atomic mass is 10.1. The highest BCUT2D eigenvalue weighted by molar-refractivity contribution is 6.31. The van der Waals surface area contributed by atoms with Crippen LogP contribution in [0.25, 0.3) is 0 Å². The molecule has 0 spiro atoms. The van der Waals surface area contributed by atoms with Gasteiger partial charge in [-0.05, 0) is 30.7 Å². The Morgan fingerprint density at radius 3 is 2.43 bits per heavy atom. The molecular formula is C20H22ClN3O4. The third-order valence-corrected chi connectivity index (χ3v) is 4.10. The van der Waals surface area contributed by atoms with E-state index in [4.69, 9.17) is 16.3 Å². The van der Waals surface area contributed by atoms with Crippen LogP contribution in [0.15, 0.2) is 54.6 Å². The molecule has 0 heterocycles. The molecule has 0 aliphatic heterocycles. The van der Waals surface area contributed by atoms with Crippen LogP contribution < -0.4 is 16.0 Å². The Morgan fingerprint density at radius 2 is 1.71 bits per heavy atom. The molecule has 28 heavy (non-hydrogen) atoms. The number of esters is 1. The van der Waals surface area contributed by atoms with Gasteiger partial charge in [-0.25, -0.2) is 4.79 Å². The molecule has 2 aromatic rings. The van der Waals surface area contributed by atoms with Crippen LogP contribution in [0.3, 0.4) is 0 Å². The second-order valence-electron chi connectivity index (χ2n) is 5.97. The number of hydrogen-bond donors (Lipinski definition) is 3. The fourth-order valence-corrected chi connectivity index (χ4v) is 2.68. The molecule has 0 saturated carbocycles. The maximum absolute atomic E-state index is 11.9. The normalized spacial score (nSPS) is 11.2. The topological polar surface area (TPSA) is 96.5 Å². The first-order valence-electron chi connectivity index (χ1n) is 8.75. The van der Waals surface area contributed by atoms with Crippen LogP contribution in [0.5, 0.6) is 0 Å². The molecule has 0 unspecified atom stereocenters. The maximum atomic E-state index is 11.9. The number of para-hydroxylation sites is 1. The van der Waals surface area contributed by atoms with Crippen molar-refractivity contribution in [3.05, 3.63) is 65.2 Å². The first-order chi connectivity index (χ1) is 13.5. The summed E-state index contributed by atoms with van der Waals surface area (Å²) >= 11 is 6.09. The van der Waals surface area contributed by atoms with Crippen LogP contribution >= 0.6 is 11.6 Å². The number of carbonyl (C=O) groups excluding carboxylic acids is 3. The zero-order valence-electron chi connectivity index (χ0n) is 15.4. The van der Waals surface area contributed by atoms with Crippen LogP contribution in [-0.4, -0.2) is 31.1 Å². The second kappa shape index (κ2) is 10.9. The fourth-order valence-electron chi connectivity index (χ4n) is 2.38. The van der Waals surface area contributed by atoms with Crippen molar-refractivity contribution < 1.29 is 19.1 Å². The van der Waals surface area contributed by atoms with E-state index in [1.165, 1.54) is 0 Å². The minimum absolute atomic E-state index is 0.0461. The smallest absolute Gasteiger partial charge is 0.319 e. The molecule has 0 aliphatic carbocycles. The van der Waals surface area contributed by atoms with E-state index >= 15 is 0 Å². The summed E-state index contributed by atoms with van der Waals surface area (Å²) in [5.41, 5.74) is 1.42. The summed E-state index contributed by atoms with van der Waals surface area (Å²) in [6.45, 7) is 1.48. The Balaban J connectivity index is 1.63. The van der Waals surface area contributed by atoms with Gasteiger partial charge >= 0.3 is 12.0 Å². The van der Waals surface area contributed by atoms with E-state index < -0.39 is 24.5 Å². The van der Waals surface area contributed by atoms with Crippen molar-refractivity contribution in [3.8, 4) is 0 Å². The zero-order valence-corrected chi connectivity index (χ0v) is 16.2. The molecule has 2 rings (SSSR count). The highest BCUT2D eigenvalue weighted by Gasteiger charge is 2.14. The van der Waals surface area contributed by atoms with Gasteiger partial charge in [0, 0.05) is 17.3 Å². The second-order valence-corrected chi connectivity index (χ2v) is 6.38. The molecule has 0 radical (unpaired) electrons. The standard InChI is InChI=1S/C20H22ClN3O4/c1-14(16-9-5-6-10-17(16)21)23-18(25)13-28-19(26)11-12-22-20(27)24-15-7-3-2-4-8-15/h2-10,14H,11-13H2,1H3,(H,23,25)(H2,22,24,27)/t14-/m1/s1. The molecule has 0 aromatic heterocycles. The van der Waals surface area contributed by atoms with Gasteiger partial charge in [0.25, 0.3) is 5.91 Å². The summed E-state index contributed by atoms with van der Waals surface area (Å²) in [7, 11) is 0. The van der Waals surface area contributed by atoms with Crippen LogP contribution in [0, 0.1) is 0 Å². The summed E-state index contributed by atoms with van der Waals surface area (Å²) in [5.74, 6) is -1.02. The van der Waals surface area contributed by atoms with E-state index in [9.17, 15) is 14.4 Å². The van der Waals surface area contributed by atoms with Gasteiger partial charge in [0.05, 0.1) is 12.5 Å². The monoisotopic (exact) mass is 403 g/mol. The minimum atomic E-state index is -0.583. The van der Waals surface area contributed by atoms with Gasteiger partial charge in [0.1, 0.15) is 0 Å². The number of amides is 3. The number of nitrogens with one attached hydrogen (secondary N) is 3. The van der Waals surface area contributed by atoms with Gasteiger partial charge in [0.2, 0.25) is 0 Å². The van der Waals surface area contributed by atoms with Crippen LogP contribution in [0.1, 0.15) is 24.9 Å². The van der Waals surface area contributed by atoms with E-state index in [2.05, 4.69) is 16.0 Å². The summed E-state index contributed by atoms with van der Waals surface area (Å²) < 4.78 is 4.92. The van der Waals surface area contributed by atoms with E-state index in [0.29, 0.717) is 10.7 Å². The largest absolute Gasteiger partial charge is 0.456 e. The molecular weight excluding hydrogens is 382 g/mol. The number of rotatable bonds is 8. The van der Waals surface area contributed by atoms with Gasteiger partial charge in [-0.3, -0.25) is 9.59 Å². The summed E-state index contributed by atoms with van der Waals surface area (Å²) in [5, 5.41) is 8.44. The molecule has 2 aromatic carbocycles. The van der Waals surface area contributed by atoms with E-state index in [0.717, 1.165) is 5.56 Å². The van der Waals surface area contributed by atoms with E-state index in [-0.39, 0.29) is 19.0 Å². The fraction of sp³-hybridized carbons (Fsp3) is 0.250. The molecule has 3 amide bonds. The van der Waals surface area contributed by atoms with E-state index in [1.807, 2.05) is 18.2 Å². The molecule has 0 saturated heterocycles. The van der Waals surface area contributed by atoms with Crippen molar-refractivity contribution in [2.45, 2.75) is 19.4 Å². The van der Waals surface area contributed by atoms with Crippen LogP contribution in [-0.2, 0) is 14.3 Å². The van der Waals surface area contributed by atoms with Crippen molar-refractivity contribution in [3.63, 3.8) is 0 Å². The number of anilines is 1. The molecule has 0 bridgehead atoms. The van der Waals surface area contributed by atoms with Crippen molar-refractivity contribution in [1.82, 2.24) is 10.6 Å². The lowest BCUT2D eigenvalue weighted by molar-refractivity contribution is -0.148. The summed E-state index contributed by atoms with van der Waals surface area (Å²) in [6.07, 6.45) is -0.0461. The number of carbonyl (C=O) groups is 3. The maximum Gasteiger partial charge on any atom is 0.319 e. The number of benzene rings is 2. The SMILES string of the molecule is C[C@@H](NC(=O)COC(=O)CCNC(=O)Nc1ccccc1)c1ccccc1Cl. The van der Waals surface area contributed by atoms with Gasteiger partial charge in [-0.15, -0.1) is 0 Å². The third kappa shape index (κ3) is 7.28. The molecule has 0 aliphatic rings. The van der Waals surface area contributed by atoms with Crippen molar-refractivity contribution in [1.29, 1.82) is 0 Å². The Kier molecular flexibility index (Phi) is 8.30. The van der Waals surface area contributed by atoms with Crippen molar-refractivity contribution in [2.24, 2.45) is 0 Å². The average Bonchev–Trinajstić information content (AvgIpc) is 2.67. The van der Waals surface area contributed by atoms with Crippen LogP contribution in [0.2, 0.25) is 5.02 Å². The van der Waals surface area contributed by atoms with Crippen molar-refractivity contribution >= 4 is 35.2 Å². The average molecular weight is 404 g/mol. The van der Waals surface area contributed by atoms with Gasteiger partial charge < -0.3 is 20.7 Å². The predicted molar refractivity (Wildman–Crippen MR) is 107 cm³/mol. The van der Waals surface area contributed by atoms with Gasteiger partial charge in [-0.2, -0.15) is 0 Å². The van der Waals surface area contributed by atoms with E-state index in [1.54, 1.807) is 43.3 Å². The molecule has 1 atom stereocenters. The first-order valence-corrected chi connectivity index (χ1v) is 9.13. The Morgan fingerprint density at radius 1 is 1.04 bits per heavy atom.